The first kappa shape index (κ1) is 41.1. The molecule has 7 aromatic rings. The highest BCUT2D eigenvalue weighted by atomic mass is 15.1. The first-order valence-corrected chi connectivity index (χ1v) is 22.7. The fraction of sp³-hybridized carbons (Fsp3) is 0.0968. The largest absolute Gasteiger partial charge is 0.385 e. The summed E-state index contributed by atoms with van der Waals surface area (Å²) in [5.74, 6) is 0.665. The third-order valence-corrected chi connectivity index (χ3v) is 13.3. The number of aryl methyl sites for hydroxylation is 3. The molecule has 0 saturated heterocycles. The van der Waals surface area contributed by atoms with E-state index >= 15 is 0 Å². The van der Waals surface area contributed by atoms with E-state index < -0.39 is 0 Å². The molecule has 0 fully saturated rings. The highest BCUT2D eigenvalue weighted by molar-refractivity contribution is 6.15. The quantitative estimate of drug-likeness (QED) is 0.132. The molecule has 65 heavy (non-hydrogen) atoms. The lowest BCUT2D eigenvalue weighted by atomic mass is 9.72. The number of hydrogen-bond acceptors (Lipinski definition) is 2. The Bertz CT molecular complexity index is 3280. The summed E-state index contributed by atoms with van der Waals surface area (Å²) in [6, 6.07) is 40.0. The molecule has 10 rings (SSSR count). The number of rotatable bonds is 11. The summed E-state index contributed by atoms with van der Waals surface area (Å²) in [5, 5.41) is 2.45. The molecule has 1 aliphatic heterocycles. The lowest BCUT2D eigenvalue weighted by Crippen LogP contribution is -2.24. The lowest BCUT2D eigenvalue weighted by molar-refractivity contribution is 0.872. The minimum absolute atomic E-state index is 0.665. The van der Waals surface area contributed by atoms with Gasteiger partial charge in [-0.05, 0) is 159 Å². The van der Waals surface area contributed by atoms with Crippen LogP contribution in [0.1, 0.15) is 45.9 Å². The summed E-state index contributed by atoms with van der Waals surface area (Å²) < 4.78 is 2.28. The zero-order valence-electron chi connectivity index (χ0n) is 37.2. The van der Waals surface area contributed by atoms with Crippen molar-refractivity contribution in [1.29, 1.82) is 0 Å². The summed E-state index contributed by atoms with van der Waals surface area (Å²) >= 11 is 0. The van der Waals surface area contributed by atoms with Gasteiger partial charge in [0.25, 0.3) is 0 Å². The number of anilines is 1. The van der Waals surface area contributed by atoms with Gasteiger partial charge in [-0.3, -0.25) is 4.57 Å². The standard InChI is InChI=1S/C62H53N3/c1-6-10-14-35-64-36-34-49(47-26-22-45(23-27-47)43-18-12-11-13-19-43)37-41(5)54-39-50-28-29-51-40-56-55-38-48(46-24-20-44(21-25-46)42(15-7-2)16-8-3)30-33-57(55)65(58(63)17-9-4)62(56)53-32-31-52(61(54)64)59(50)60(51)53/h6-27,30,33-34,36-40H,1-2,4-5,28-29,31-32,35,63H2,3H3/b14-10-,16-8-,36-34-,42-15+,49-37+,58-17+. The third-order valence-electron chi connectivity index (χ3n) is 13.3. The van der Waals surface area contributed by atoms with E-state index in [2.05, 4.69) is 181 Å². The molecule has 0 bridgehead atoms. The van der Waals surface area contributed by atoms with Gasteiger partial charge in [0.2, 0.25) is 0 Å². The van der Waals surface area contributed by atoms with Gasteiger partial charge in [0, 0.05) is 29.1 Å². The molecule has 0 amide bonds. The van der Waals surface area contributed by atoms with Crippen molar-refractivity contribution in [1.82, 2.24) is 4.57 Å². The Hall–Kier alpha value is -7.88. The van der Waals surface area contributed by atoms with Crippen molar-refractivity contribution in [2.75, 3.05) is 11.4 Å². The van der Waals surface area contributed by atoms with Crippen molar-refractivity contribution in [3.63, 3.8) is 0 Å². The van der Waals surface area contributed by atoms with Crippen LogP contribution in [-0.4, -0.2) is 11.1 Å². The highest BCUT2D eigenvalue weighted by Crippen LogP contribution is 2.52. The minimum atomic E-state index is 0.665. The highest BCUT2D eigenvalue weighted by Gasteiger charge is 2.34. The summed E-state index contributed by atoms with van der Waals surface area (Å²) in [6.07, 6.45) is 28.4. The monoisotopic (exact) mass is 839 g/mol. The summed E-state index contributed by atoms with van der Waals surface area (Å²) in [6.45, 7) is 19.5. The fourth-order valence-electron chi connectivity index (χ4n) is 10.4. The van der Waals surface area contributed by atoms with Gasteiger partial charge in [0.15, 0.2) is 0 Å². The molecule has 0 atom stereocenters. The van der Waals surface area contributed by atoms with E-state index in [4.69, 9.17) is 12.3 Å². The number of allylic oxidation sites excluding steroid dienone is 13. The van der Waals surface area contributed by atoms with Crippen LogP contribution in [0.5, 0.6) is 0 Å². The van der Waals surface area contributed by atoms with Crippen LogP contribution in [0, 0.1) is 0 Å². The topological polar surface area (TPSA) is 34.2 Å². The Balaban J connectivity index is 1.12. The minimum Gasteiger partial charge on any atom is -0.385 e. The smallest absolute Gasteiger partial charge is 0.108 e. The predicted octanol–water partition coefficient (Wildman–Crippen LogP) is 15.3. The molecular weight excluding hydrogens is 787 g/mol. The zero-order valence-corrected chi connectivity index (χ0v) is 37.2. The summed E-state index contributed by atoms with van der Waals surface area (Å²) in [4.78, 5) is 2.42. The molecule has 0 saturated carbocycles. The Morgan fingerprint density at radius 1 is 0.677 bits per heavy atom. The number of nitrogens with zero attached hydrogens (tertiary/aromatic N) is 2. The first-order chi connectivity index (χ1) is 31.9. The Kier molecular flexibility index (Phi) is 11.0. The van der Waals surface area contributed by atoms with Gasteiger partial charge < -0.3 is 10.6 Å². The van der Waals surface area contributed by atoms with Crippen LogP contribution < -0.4 is 10.6 Å². The lowest BCUT2D eigenvalue weighted by Gasteiger charge is -2.36. The SMILES string of the molecule is C=C/C=C\CN1/C=C\C(c2ccc(-c3ccccc3)cc2)=C/C(=C)c2cc3c4c(c21)CCc1c-4c(cc2c4cc(-c5ccc(C(/C=C\C)=C/C=C)cc5)ccc4n(/C(N)=C/C=C)c12)CC3. The van der Waals surface area contributed by atoms with E-state index in [9.17, 15) is 0 Å². The number of nitrogens with two attached hydrogens (primary N) is 1. The molecular formula is C62H53N3. The average Bonchev–Trinajstić information content (AvgIpc) is 3.67. The molecule has 2 N–H and O–H groups in total. The van der Waals surface area contributed by atoms with E-state index in [0.29, 0.717) is 12.4 Å². The maximum absolute atomic E-state index is 7.03. The van der Waals surface area contributed by atoms with E-state index in [1.54, 1.807) is 6.08 Å². The molecule has 3 heteroatoms. The molecule has 2 heterocycles. The average molecular weight is 840 g/mol. The molecule has 0 spiro atoms. The van der Waals surface area contributed by atoms with Gasteiger partial charge in [0.1, 0.15) is 5.82 Å². The van der Waals surface area contributed by atoms with E-state index in [0.717, 1.165) is 59.0 Å². The fourth-order valence-corrected chi connectivity index (χ4v) is 10.4. The van der Waals surface area contributed by atoms with Gasteiger partial charge in [-0.1, -0.05) is 160 Å². The number of hydrogen-bond donors (Lipinski definition) is 1. The second-order valence-corrected chi connectivity index (χ2v) is 17.1. The zero-order chi connectivity index (χ0) is 44.6. The van der Waals surface area contributed by atoms with Gasteiger partial charge in [-0.2, -0.15) is 0 Å². The number of fused-ring (bicyclic) bond motifs is 6. The maximum Gasteiger partial charge on any atom is 0.108 e. The first-order valence-electron chi connectivity index (χ1n) is 22.7. The van der Waals surface area contributed by atoms with E-state index in [1.165, 1.54) is 83.2 Å². The van der Waals surface area contributed by atoms with Crippen molar-refractivity contribution < 1.29 is 0 Å². The van der Waals surface area contributed by atoms with Crippen LogP contribution in [0.2, 0.25) is 0 Å². The molecule has 316 valence electrons. The van der Waals surface area contributed by atoms with Crippen molar-refractivity contribution in [3.8, 4) is 33.4 Å². The van der Waals surface area contributed by atoms with Crippen LogP contribution in [0.4, 0.5) is 5.69 Å². The maximum atomic E-state index is 7.03. The van der Waals surface area contributed by atoms with E-state index in [-0.39, 0.29) is 0 Å². The Morgan fingerprint density at radius 3 is 2.08 bits per heavy atom. The van der Waals surface area contributed by atoms with Crippen molar-refractivity contribution in [2.45, 2.75) is 32.6 Å². The molecule has 2 aliphatic carbocycles. The van der Waals surface area contributed by atoms with Crippen LogP contribution >= 0.6 is 0 Å². The van der Waals surface area contributed by atoms with Gasteiger partial charge in [-0.25, -0.2) is 0 Å². The second-order valence-electron chi connectivity index (χ2n) is 17.1. The molecule has 0 radical (unpaired) electrons. The normalized spacial score (nSPS) is 16.0. The Labute approximate surface area is 383 Å². The van der Waals surface area contributed by atoms with Crippen molar-refractivity contribution in [2.24, 2.45) is 5.73 Å². The van der Waals surface area contributed by atoms with Gasteiger partial charge >= 0.3 is 0 Å². The van der Waals surface area contributed by atoms with Crippen LogP contribution in [0.25, 0.3) is 77.7 Å². The van der Waals surface area contributed by atoms with Crippen molar-refractivity contribution in [3.05, 3.63) is 247 Å². The van der Waals surface area contributed by atoms with Crippen LogP contribution in [-0.2, 0) is 25.7 Å². The molecule has 3 aliphatic rings. The van der Waals surface area contributed by atoms with Gasteiger partial charge in [-0.15, -0.1) is 0 Å². The van der Waals surface area contributed by atoms with Crippen molar-refractivity contribution >= 4 is 50.0 Å². The predicted molar refractivity (Wildman–Crippen MR) is 281 cm³/mol. The third kappa shape index (κ3) is 7.29. The van der Waals surface area contributed by atoms with Crippen LogP contribution in [0.3, 0.4) is 0 Å². The molecule has 3 nitrogen and oxygen atoms in total. The molecule has 1 aromatic heterocycles. The number of benzene rings is 6. The Morgan fingerprint density at radius 2 is 1.34 bits per heavy atom. The summed E-state index contributed by atoms with van der Waals surface area (Å²) in [5.41, 5.74) is 30.5. The van der Waals surface area contributed by atoms with Gasteiger partial charge in [0.05, 0.1) is 16.7 Å². The van der Waals surface area contributed by atoms with Crippen LogP contribution in [0.15, 0.2) is 209 Å². The summed E-state index contributed by atoms with van der Waals surface area (Å²) in [7, 11) is 0. The molecule has 0 unspecified atom stereocenters. The van der Waals surface area contributed by atoms with E-state index in [1.807, 2.05) is 31.2 Å². The second kappa shape index (κ2) is 17.4. The number of aromatic nitrogens is 1. The molecule has 6 aromatic carbocycles.